The molecule has 3 aromatic carbocycles. The number of nitrogens with two attached hydrogens (primary N) is 1. The maximum atomic E-state index is 11.8. The molecule has 0 saturated heterocycles. The van der Waals surface area contributed by atoms with Gasteiger partial charge in [0.1, 0.15) is 41.8 Å². The van der Waals surface area contributed by atoms with Gasteiger partial charge in [0.2, 0.25) is 5.88 Å². The second-order valence-electron chi connectivity index (χ2n) is 9.43. The third kappa shape index (κ3) is 8.59. The van der Waals surface area contributed by atoms with Crippen LogP contribution in [0.5, 0.6) is 28.9 Å². The highest BCUT2D eigenvalue weighted by Crippen LogP contribution is 2.24. The number of ether oxygens (including phenoxy) is 3. The van der Waals surface area contributed by atoms with Crippen LogP contribution in [0.3, 0.4) is 0 Å². The zero-order chi connectivity index (χ0) is 29.2. The predicted molar refractivity (Wildman–Crippen MR) is 154 cm³/mol. The maximum absolute atomic E-state index is 11.8. The monoisotopic (exact) mass is 559 g/mol. The van der Waals surface area contributed by atoms with Crippen molar-refractivity contribution >= 4 is 5.91 Å². The van der Waals surface area contributed by atoms with Gasteiger partial charge in [-0.2, -0.15) is 0 Å². The number of primary amides is 1. The number of amides is 1. The van der Waals surface area contributed by atoms with Crippen molar-refractivity contribution in [1.82, 2.24) is 9.88 Å². The standard InChI is InChI=1S/C31H33N3O7/c1-34-29(37)8-5-9-30(34)41-24-12-10-23(11-13-24)39-20-22(35)18-33-19-26(16-21-6-3-2-4-7-21)40-25-14-15-28(36)27(17-25)31(32)38/h2-15,17,22,26,33,35-36H,16,18-20H2,1H3,(H2,32,38). The number of hydrogen-bond acceptors (Lipinski definition) is 8. The Hall–Kier alpha value is -4.80. The molecule has 1 heterocycles. The topological polar surface area (TPSA) is 145 Å². The number of carbonyl (C=O) groups is 1. The molecule has 4 aromatic rings. The zero-order valence-corrected chi connectivity index (χ0v) is 22.6. The fourth-order valence-electron chi connectivity index (χ4n) is 4.05. The number of phenols is 1. The number of carbonyl (C=O) groups excluding carboxylic acids is 1. The number of hydrogen-bond donors (Lipinski definition) is 4. The van der Waals surface area contributed by atoms with Crippen LogP contribution in [0.2, 0.25) is 0 Å². The lowest BCUT2D eigenvalue weighted by atomic mass is 10.1. The van der Waals surface area contributed by atoms with E-state index < -0.39 is 12.0 Å². The number of benzene rings is 3. The summed E-state index contributed by atoms with van der Waals surface area (Å²) in [5.41, 5.74) is 6.21. The minimum atomic E-state index is -0.794. The van der Waals surface area contributed by atoms with Crippen molar-refractivity contribution < 1.29 is 29.2 Å². The number of rotatable bonds is 14. The normalized spacial score (nSPS) is 12.3. The van der Waals surface area contributed by atoms with Crippen LogP contribution in [0.25, 0.3) is 0 Å². The molecule has 0 saturated carbocycles. The van der Waals surface area contributed by atoms with Crippen molar-refractivity contribution in [3.63, 3.8) is 0 Å². The highest BCUT2D eigenvalue weighted by atomic mass is 16.5. The molecule has 41 heavy (non-hydrogen) atoms. The molecule has 0 aliphatic rings. The molecule has 0 bridgehead atoms. The summed E-state index contributed by atoms with van der Waals surface area (Å²) >= 11 is 0. The van der Waals surface area contributed by atoms with Gasteiger partial charge in [-0.15, -0.1) is 0 Å². The maximum Gasteiger partial charge on any atom is 0.253 e. The van der Waals surface area contributed by atoms with Crippen molar-refractivity contribution in [2.24, 2.45) is 12.8 Å². The largest absolute Gasteiger partial charge is 0.507 e. The van der Waals surface area contributed by atoms with Crippen molar-refractivity contribution in [1.29, 1.82) is 0 Å². The number of aromatic nitrogens is 1. The average molecular weight is 560 g/mol. The molecule has 2 atom stereocenters. The first-order valence-corrected chi connectivity index (χ1v) is 13.1. The molecule has 0 spiro atoms. The molecule has 0 aliphatic heterocycles. The van der Waals surface area contributed by atoms with E-state index in [2.05, 4.69) is 5.32 Å². The molecule has 10 nitrogen and oxygen atoms in total. The Morgan fingerprint density at radius 3 is 2.37 bits per heavy atom. The van der Waals surface area contributed by atoms with E-state index in [9.17, 15) is 19.8 Å². The second kappa shape index (κ2) is 14.0. The molecule has 1 aromatic heterocycles. The molecule has 0 aliphatic carbocycles. The first kappa shape index (κ1) is 29.2. The number of nitrogens with zero attached hydrogens (tertiary/aromatic N) is 1. The second-order valence-corrected chi connectivity index (χ2v) is 9.43. The van der Waals surface area contributed by atoms with Gasteiger partial charge in [-0.3, -0.25) is 14.2 Å². The molecular formula is C31H33N3O7. The van der Waals surface area contributed by atoms with Crippen LogP contribution in [0.15, 0.2) is 95.8 Å². The van der Waals surface area contributed by atoms with E-state index in [0.717, 1.165) is 5.56 Å². The van der Waals surface area contributed by atoms with E-state index in [1.807, 2.05) is 30.3 Å². The van der Waals surface area contributed by atoms with Crippen LogP contribution in [-0.4, -0.2) is 52.6 Å². The number of nitrogens with one attached hydrogen (secondary N) is 1. The summed E-state index contributed by atoms with van der Waals surface area (Å²) in [4.78, 5) is 23.4. The zero-order valence-electron chi connectivity index (χ0n) is 22.6. The van der Waals surface area contributed by atoms with Gasteiger partial charge in [-0.25, -0.2) is 0 Å². The highest BCUT2D eigenvalue weighted by molar-refractivity contribution is 5.95. The van der Waals surface area contributed by atoms with Crippen LogP contribution >= 0.6 is 0 Å². The molecule has 0 fully saturated rings. The van der Waals surface area contributed by atoms with E-state index in [0.29, 0.717) is 36.1 Å². The Kier molecular flexibility index (Phi) is 9.98. The van der Waals surface area contributed by atoms with Crippen LogP contribution in [0, 0.1) is 0 Å². The van der Waals surface area contributed by atoms with Gasteiger partial charge in [0.15, 0.2) is 0 Å². The Morgan fingerprint density at radius 1 is 0.927 bits per heavy atom. The number of aliphatic hydroxyl groups excluding tert-OH is 1. The van der Waals surface area contributed by atoms with Crippen molar-refractivity contribution in [3.8, 4) is 28.9 Å². The summed E-state index contributed by atoms with van der Waals surface area (Å²) in [5.74, 6) is 0.948. The van der Waals surface area contributed by atoms with Crippen molar-refractivity contribution in [2.75, 3.05) is 19.7 Å². The molecular weight excluding hydrogens is 526 g/mol. The lowest BCUT2D eigenvalue weighted by Crippen LogP contribution is -2.38. The van der Waals surface area contributed by atoms with E-state index in [1.165, 1.54) is 22.8 Å². The summed E-state index contributed by atoms with van der Waals surface area (Å²) in [6.07, 6.45) is -0.566. The van der Waals surface area contributed by atoms with E-state index in [4.69, 9.17) is 19.9 Å². The van der Waals surface area contributed by atoms with Gasteiger partial charge in [-0.05, 0) is 54.1 Å². The number of aliphatic hydroxyl groups is 1. The third-order valence-corrected chi connectivity index (χ3v) is 6.22. The Balaban J connectivity index is 1.28. The minimum Gasteiger partial charge on any atom is -0.507 e. The van der Waals surface area contributed by atoms with Crippen LogP contribution < -0.4 is 30.8 Å². The van der Waals surface area contributed by atoms with Gasteiger partial charge in [-0.1, -0.05) is 36.4 Å². The van der Waals surface area contributed by atoms with Gasteiger partial charge >= 0.3 is 0 Å². The van der Waals surface area contributed by atoms with Crippen LogP contribution in [-0.2, 0) is 13.5 Å². The number of pyridine rings is 1. The summed E-state index contributed by atoms with van der Waals surface area (Å²) in [5, 5.41) is 23.6. The molecule has 0 radical (unpaired) electrons. The first-order chi connectivity index (χ1) is 19.8. The molecule has 10 heteroatoms. The Morgan fingerprint density at radius 2 is 1.63 bits per heavy atom. The summed E-state index contributed by atoms with van der Waals surface area (Å²) in [7, 11) is 1.63. The van der Waals surface area contributed by atoms with Crippen LogP contribution in [0.4, 0.5) is 0 Å². The summed E-state index contributed by atoms with van der Waals surface area (Å²) in [6.45, 7) is 0.706. The van der Waals surface area contributed by atoms with E-state index >= 15 is 0 Å². The first-order valence-electron chi connectivity index (χ1n) is 13.1. The minimum absolute atomic E-state index is 0.0215. The molecule has 214 valence electrons. The molecule has 1 amide bonds. The molecule has 2 unspecified atom stereocenters. The highest BCUT2D eigenvalue weighted by Gasteiger charge is 2.16. The van der Waals surface area contributed by atoms with Crippen LogP contribution in [0.1, 0.15) is 15.9 Å². The van der Waals surface area contributed by atoms with Crippen molar-refractivity contribution in [2.45, 2.75) is 18.6 Å². The van der Waals surface area contributed by atoms with Gasteiger partial charge in [0.25, 0.3) is 11.5 Å². The Bertz CT molecular complexity index is 1490. The van der Waals surface area contributed by atoms with Gasteiger partial charge < -0.3 is 35.5 Å². The lowest BCUT2D eigenvalue weighted by molar-refractivity contribution is 0.0992. The van der Waals surface area contributed by atoms with Gasteiger partial charge in [0, 0.05) is 32.6 Å². The van der Waals surface area contributed by atoms with E-state index in [1.54, 1.807) is 49.5 Å². The average Bonchev–Trinajstić information content (AvgIpc) is 2.96. The third-order valence-electron chi connectivity index (χ3n) is 6.22. The molecule has 4 rings (SSSR count). The van der Waals surface area contributed by atoms with E-state index in [-0.39, 0.29) is 36.1 Å². The SMILES string of the molecule is Cn1c(Oc2ccc(OCC(O)CNCC(Cc3ccccc3)Oc3ccc(O)c(C(N)=O)c3)cc2)cccc1=O. The Labute approximate surface area is 237 Å². The quantitative estimate of drug-likeness (QED) is 0.185. The lowest BCUT2D eigenvalue weighted by Gasteiger charge is -2.21. The summed E-state index contributed by atoms with van der Waals surface area (Å²) < 4.78 is 19.0. The fraction of sp³-hybridized carbons (Fsp3) is 0.226. The predicted octanol–water partition coefficient (Wildman–Crippen LogP) is 3.00. The summed E-state index contributed by atoms with van der Waals surface area (Å²) in [6, 6.07) is 25.8. The van der Waals surface area contributed by atoms with Crippen molar-refractivity contribution in [3.05, 3.63) is 112 Å². The smallest absolute Gasteiger partial charge is 0.253 e. The molecule has 5 N–H and O–H groups in total. The number of aromatic hydroxyl groups is 1. The van der Waals surface area contributed by atoms with Gasteiger partial charge in [0.05, 0.1) is 5.56 Å². The fourth-order valence-corrected chi connectivity index (χ4v) is 4.05.